The Balaban J connectivity index is 0.000000202. The van der Waals surface area contributed by atoms with Crippen LogP contribution in [0.4, 0.5) is 34.4 Å². The average Bonchev–Trinajstić information content (AvgIpc) is 4.07. The van der Waals surface area contributed by atoms with E-state index in [1.807, 2.05) is 36.4 Å². The van der Waals surface area contributed by atoms with E-state index in [-0.39, 0.29) is 29.8 Å². The molecule has 1 amide bonds. The van der Waals surface area contributed by atoms with Gasteiger partial charge in [-0.3, -0.25) is 19.0 Å². The molecular formula is C52H54Cl2N12O8S2. The molecular weight excluding hydrogens is 1060 g/mol. The number of sulfonamides is 2. The number of nitrogen functional groups attached to an aromatic ring is 1. The molecule has 2 saturated heterocycles. The Morgan fingerprint density at radius 3 is 1.37 bits per heavy atom. The van der Waals surface area contributed by atoms with Gasteiger partial charge in [-0.2, -0.15) is 0 Å². The zero-order valence-corrected chi connectivity index (χ0v) is 44.0. The van der Waals surface area contributed by atoms with Gasteiger partial charge in [-0.05, 0) is 107 Å². The Morgan fingerprint density at radius 1 is 0.605 bits per heavy atom. The van der Waals surface area contributed by atoms with Crippen LogP contribution in [-0.4, -0.2) is 110 Å². The summed E-state index contributed by atoms with van der Waals surface area (Å²) in [5, 5.41) is 4.00. The molecule has 0 atom stereocenters. The number of aromatic amines is 2. The van der Waals surface area contributed by atoms with E-state index in [1.54, 1.807) is 85.5 Å². The van der Waals surface area contributed by atoms with Gasteiger partial charge in [0.2, 0.25) is 31.2 Å². The Kier molecular flexibility index (Phi) is 18.8. The molecule has 0 radical (unpaired) electrons. The predicted molar refractivity (Wildman–Crippen MR) is 302 cm³/mol. The fourth-order valence-electron chi connectivity index (χ4n) is 8.02. The molecule has 76 heavy (non-hydrogen) atoms. The molecule has 0 spiro atoms. The SMILES string of the molecule is C=CC(=O)Cl.C=CC(=O)Nc1ccc(CS(=O)(=O)Nc2ccc(-c3cc4c(N5CCOCC5)ncnc4[nH]3)cc2)cc1.Cl.Nc1ccc(CS(=O)(=O)Nc2ccc(-c3cc4c(N5CCOCC5)ncnc4[nH]3)cc2)cc1. The first kappa shape index (κ1) is 55.9. The van der Waals surface area contributed by atoms with E-state index in [1.165, 1.54) is 6.08 Å². The van der Waals surface area contributed by atoms with Crippen LogP contribution in [-0.2, 0) is 50.6 Å². The third kappa shape index (κ3) is 15.1. The molecule has 2 fully saturated rings. The molecule has 396 valence electrons. The number of halogens is 2. The van der Waals surface area contributed by atoms with E-state index < -0.39 is 25.3 Å². The Labute approximate surface area is 450 Å². The first-order valence-electron chi connectivity index (χ1n) is 23.4. The van der Waals surface area contributed by atoms with Crippen LogP contribution in [0.3, 0.4) is 0 Å². The first-order chi connectivity index (χ1) is 36.1. The number of rotatable bonds is 15. The van der Waals surface area contributed by atoms with Crippen LogP contribution in [0.5, 0.6) is 0 Å². The van der Waals surface area contributed by atoms with Gasteiger partial charge in [0.15, 0.2) is 0 Å². The zero-order chi connectivity index (χ0) is 53.0. The first-order valence-corrected chi connectivity index (χ1v) is 27.1. The number of carbonyl (C=O) groups excluding carboxylic acids is 2. The topological polar surface area (TPSA) is 273 Å². The summed E-state index contributed by atoms with van der Waals surface area (Å²) in [5.74, 6) is 1.10. The van der Waals surface area contributed by atoms with E-state index in [0.29, 0.717) is 60.3 Å². The van der Waals surface area contributed by atoms with Crippen LogP contribution < -0.4 is 30.3 Å². The fraction of sp³-hybridized carbons (Fsp3) is 0.192. The minimum absolute atomic E-state index is 0. The van der Waals surface area contributed by atoms with Gasteiger partial charge in [-0.1, -0.05) is 61.7 Å². The molecule has 0 bridgehead atoms. The summed E-state index contributed by atoms with van der Waals surface area (Å²) in [5.41, 5.74) is 14.1. The smallest absolute Gasteiger partial charge is 0.247 e. The number of anilines is 6. The molecule has 0 saturated carbocycles. The van der Waals surface area contributed by atoms with Crippen molar-refractivity contribution in [3.8, 4) is 22.5 Å². The van der Waals surface area contributed by atoms with Gasteiger partial charge >= 0.3 is 0 Å². The highest BCUT2D eigenvalue weighted by Gasteiger charge is 2.20. The van der Waals surface area contributed by atoms with Crippen molar-refractivity contribution in [2.24, 2.45) is 0 Å². The van der Waals surface area contributed by atoms with Gasteiger partial charge in [0.1, 0.15) is 35.6 Å². The van der Waals surface area contributed by atoms with Gasteiger partial charge in [-0.15, -0.1) is 12.4 Å². The van der Waals surface area contributed by atoms with Crippen LogP contribution in [0.1, 0.15) is 11.1 Å². The molecule has 24 heteroatoms. The summed E-state index contributed by atoms with van der Waals surface area (Å²) in [6.45, 7) is 12.3. The number of hydrogen-bond acceptors (Lipinski definition) is 15. The summed E-state index contributed by atoms with van der Waals surface area (Å²) < 4.78 is 66.6. The van der Waals surface area contributed by atoms with Crippen LogP contribution in [0.15, 0.2) is 147 Å². The second-order valence-electron chi connectivity index (χ2n) is 17.0. The Hall–Kier alpha value is -7.86. The standard InChI is InChI=1S/C26H26N6O4S.C23H24N6O3S.C3H3ClO.ClH/c1-2-24(33)29-20-7-3-18(4-8-20)16-37(34,35)31-21-9-5-19(6-10-21)23-15-22-25(30-23)27-17-28-26(22)32-11-13-36-14-12-32;24-18-5-1-16(2-6-18)14-33(30,31)28-19-7-3-17(4-8-19)21-13-20-22(27-21)25-15-26-23(20)29-9-11-32-12-10-29;1-2-3(4)5;/h2-10,15,17,31H,1,11-14,16H2,(H,29,33)(H,27,28,30);1-8,13,15,28H,9-12,14,24H2,(H,25,26,27);2H,1H2;1H. The lowest BCUT2D eigenvalue weighted by Crippen LogP contribution is -2.36. The van der Waals surface area contributed by atoms with E-state index in [0.717, 1.165) is 88.5 Å². The van der Waals surface area contributed by atoms with Gasteiger partial charge < -0.3 is 40.3 Å². The van der Waals surface area contributed by atoms with Crippen LogP contribution in [0.2, 0.25) is 0 Å². The monoisotopic (exact) mass is 1110 g/mol. The lowest BCUT2D eigenvalue weighted by molar-refractivity contribution is -0.112. The zero-order valence-electron chi connectivity index (χ0n) is 40.8. The third-order valence-electron chi connectivity index (χ3n) is 11.6. The molecule has 7 N–H and O–H groups in total. The Bertz CT molecular complexity index is 3520. The van der Waals surface area contributed by atoms with Crippen molar-refractivity contribution in [3.05, 3.63) is 158 Å². The van der Waals surface area contributed by atoms with Gasteiger partial charge in [-0.25, -0.2) is 36.8 Å². The maximum absolute atomic E-state index is 12.7. The van der Waals surface area contributed by atoms with E-state index in [9.17, 15) is 26.4 Å². The number of carbonyl (C=O) groups is 2. The van der Waals surface area contributed by atoms with Gasteiger partial charge in [0.25, 0.3) is 0 Å². The number of ether oxygens (including phenoxy) is 2. The van der Waals surface area contributed by atoms with Gasteiger partial charge in [0, 0.05) is 60.3 Å². The number of morpholine rings is 2. The lowest BCUT2D eigenvalue weighted by Gasteiger charge is -2.27. The molecule has 6 heterocycles. The normalized spacial score (nSPS) is 13.5. The highest BCUT2D eigenvalue weighted by Crippen LogP contribution is 2.32. The van der Waals surface area contributed by atoms with Crippen LogP contribution in [0.25, 0.3) is 44.6 Å². The summed E-state index contributed by atoms with van der Waals surface area (Å²) in [7, 11) is -7.19. The number of allylic oxidation sites excluding steroid dienone is 1. The highest BCUT2D eigenvalue weighted by molar-refractivity contribution is 7.92. The summed E-state index contributed by atoms with van der Waals surface area (Å²) >= 11 is 4.71. The molecule has 0 unspecified atom stereocenters. The molecule has 8 aromatic rings. The molecule has 20 nitrogen and oxygen atoms in total. The highest BCUT2D eigenvalue weighted by atomic mass is 35.5. The van der Waals surface area contributed by atoms with Crippen molar-refractivity contribution in [2.75, 3.05) is 82.9 Å². The maximum Gasteiger partial charge on any atom is 0.247 e. The van der Waals surface area contributed by atoms with Crippen molar-refractivity contribution >= 4 is 112 Å². The number of amides is 1. The molecule has 4 aromatic heterocycles. The van der Waals surface area contributed by atoms with E-state index in [4.69, 9.17) is 26.8 Å². The third-order valence-corrected chi connectivity index (χ3v) is 14.3. The van der Waals surface area contributed by atoms with E-state index >= 15 is 0 Å². The minimum atomic E-state index is -3.64. The summed E-state index contributed by atoms with van der Waals surface area (Å²) in [4.78, 5) is 49.6. The number of hydrogen-bond donors (Lipinski definition) is 6. The van der Waals surface area contributed by atoms with Crippen LogP contribution in [0, 0.1) is 0 Å². The average molecular weight is 1110 g/mol. The molecule has 10 rings (SSSR count). The van der Waals surface area contributed by atoms with Crippen molar-refractivity contribution in [1.29, 1.82) is 0 Å². The number of benzene rings is 4. The van der Waals surface area contributed by atoms with Crippen molar-refractivity contribution in [3.63, 3.8) is 0 Å². The second-order valence-corrected chi connectivity index (χ2v) is 20.8. The molecule has 2 aliphatic rings. The summed E-state index contributed by atoms with van der Waals surface area (Å²) in [6.07, 6.45) is 5.33. The van der Waals surface area contributed by atoms with Gasteiger partial charge in [0.05, 0.1) is 48.7 Å². The number of nitrogens with one attached hydrogen (secondary N) is 5. The number of nitrogens with zero attached hydrogens (tertiary/aromatic N) is 6. The minimum Gasteiger partial charge on any atom is -0.399 e. The number of fused-ring (bicyclic) bond motifs is 2. The molecule has 4 aromatic carbocycles. The Morgan fingerprint density at radius 2 is 0.987 bits per heavy atom. The second kappa shape index (κ2) is 25.6. The molecule has 0 aliphatic carbocycles. The summed E-state index contributed by atoms with van der Waals surface area (Å²) in [6, 6.07) is 31.8. The number of nitrogens with two attached hydrogens (primary N) is 1. The van der Waals surface area contributed by atoms with Crippen molar-refractivity contribution in [2.45, 2.75) is 11.5 Å². The van der Waals surface area contributed by atoms with Crippen molar-refractivity contribution in [1.82, 2.24) is 29.9 Å². The predicted octanol–water partition coefficient (Wildman–Crippen LogP) is 7.87. The number of H-pyrrole nitrogens is 2. The quantitative estimate of drug-likeness (QED) is 0.0324. The number of aromatic nitrogens is 6. The maximum atomic E-state index is 12.7. The van der Waals surface area contributed by atoms with Crippen molar-refractivity contribution < 1.29 is 35.9 Å². The largest absolute Gasteiger partial charge is 0.399 e. The van der Waals surface area contributed by atoms with Crippen LogP contribution >= 0.6 is 24.0 Å². The fourth-order valence-corrected chi connectivity index (χ4v) is 10.4. The lowest BCUT2D eigenvalue weighted by atomic mass is 10.1. The molecule has 2 aliphatic heterocycles. The van der Waals surface area contributed by atoms with E-state index in [2.05, 4.69) is 67.6 Å².